The van der Waals surface area contributed by atoms with Gasteiger partial charge in [-0.2, -0.15) is 13.2 Å². The average molecular weight is 495 g/mol. The van der Waals surface area contributed by atoms with Crippen molar-refractivity contribution in [3.8, 4) is 0 Å². The van der Waals surface area contributed by atoms with Crippen molar-refractivity contribution >= 4 is 39.1 Å². The number of halogens is 3. The maximum Gasteiger partial charge on any atom is 0.416 e. The number of thioether (sulfide) groups is 1. The first-order chi connectivity index (χ1) is 15.5. The Bertz CT molecular complexity index is 1200. The van der Waals surface area contributed by atoms with Gasteiger partial charge in [-0.3, -0.25) is 9.10 Å². The number of sulfonamides is 1. The summed E-state index contributed by atoms with van der Waals surface area (Å²) in [5, 5.41) is 2.59. The second kappa shape index (κ2) is 10.3. The zero-order valence-corrected chi connectivity index (χ0v) is 19.2. The highest BCUT2D eigenvalue weighted by Gasteiger charge is 2.32. The summed E-state index contributed by atoms with van der Waals surface area (Å²) >= 11 is 1.66. The molecule has 3 aromatic carbocycles. The van der Waals surface area contributed by atoms with Crippen molar-refractivity contribution in [1.82, 2.24) is 0 Å². The van der Waals surface area contributed by atoms with Crippen LogP contribution in [0.15, 0.2) is 83.8 Å². The molecule has 0 unspecified atom stereocenters. The molecule has 1 amide bonds. The molecule has 0 aromatic heterocycles. The van der Waals surface area contributed by atoms with Crippen molar-refractivity contribution in [2.45, 2.75) is 16.8 Å². The second-order valence-electron chi connectivity index (χ2n) is 7.16. The number of carbonyl (C=O) groups is 1. The molecule has 0 atom stereocenters. The predicted molar refractivity (Wildman–Crippen MR) is 125 cm³/mol. The Morgan fingerprint density at radius 2 is 1.64 bits per heavy atom. The van der Waals surface area contributed by atoms with Gasteiger partial charge in [-0.15, -0.1) is 11.8 Å². The van der Waals surface area contributed by atoms with E-state index in [0.717, 1.165) is 34.6 Å². The molecule has 1 N–H and O–H groups in total. The zero-order chi connectivity index (χ0) is 24.1. The number of carbonyl (C=O) groups excluding carboxylic acids is 1. The van der Waals surface area contributed by atoms with Crippen LogP contribution in [0.2, 0.25) is 0 Å². The van der Waals surface area contributed by atoms with Gasteiger partial charge in [-0.1, -0.05) is 36.4 Å². The van der Waals surface area contributed by atoms with Gasteiger partial charge in [0.25, 0.3) is 0 Å². The molecule has 0 aliphatic rings. The molecule has 174 valence electrons. The van der Waals surface area contributed by atoms with E-state index in [2.05, 4.69) is 5.32 Å². The zero-order valence-electron chi connectivity index (χ0n) is 17.5. The molecule has 3 aromatic rings. The van der Waals surface area contributed by atoms with Gasteiger partial charge in [0, 0.05) is 16.3 Å². The van der Waals surface area contributed by atoms with Gasteiger partial charge in [-0.25, -0.2) is 8.42 Å². The number of amides is 1. The fraction of sp³-hybridized carbons (Fsp3) is 0.174. The van der Waals surface area contributed by atoms with E-state index >= 15 is 0 Å². The van der Waals surface area contributed by atoms with Gasteiger partial charge in [0.1, 0.15) is 6.54 Å². The second-order valence-corrected chi connectivity index (χ2v) is 10.1. The topological polar surface area (TPSA) is 66.5 Å². The van der Waals surface area contributed by atoms with Crippen molar-refractivity contribution in [3.63, 3.8) is 0 Å². The third kappa shape index (κ3) is 7.26. The number of benzene rings is 3. The Balaban J connectivity index is 1.66. The minimum Gasteiger partial charge on any atom is -0.325 e. The number of hydrogen-bond donors (Lipinski definition) is 1. The highest BCUT2D eigenvalue weighted by molar-refractivity contribution is 7.98. The molecular formula is C23H21F3N2O3S2. The Kier molecular flexibility index (Phi) is 7.70. The van der Waals surface area contributed by atoms with E-state index in [1.807, 2.05) is 42.5 Å². The standard InChI is InChI=1S/C23H21F3N2O3S2/c1-33(30,31)28(20-7-5-6-18(14-20)23(24,25)26)15-22(29)27-19-12-10-17(11-13-19)16-32-21-8-3-2-4-9-21/h2-14H,15-16H2,1H3,(H,27,29). The molecule has 0 bridgehead atoms. The maximum atomic E-state index is 13.0. The molecule has 0 aliphatic carbocycles. The number of nitrogens with one attached hydrogen (secondary N) is 1. The summed E-state index contributed by atoms with van der Waals surface area (Å²) in [6.45, 7) is -0.661. The molecule has 10 heteroatoms. The van der Waals surface area contributed by atoms with E-state index in [1.54, 1.807) is 23.9 Å². The van der Waals surface area contributed by atoms with Gasteiger partial charge < -0.3 is 5.32 Å². The summed E-state index contributed by atoms with van der Waals surface area (Å²) in [4.78, 5) is 13.6. The molecule has 0 aliphatic heterocycles. The Morgan fingerprint density at radius 3 is 2.24 bits per heavy atom. The molecule has 0 saturated carbocycles. The van der Waals surface area contributed by atoms with Crippen molar-refractivity contribution in [2.75, 3.05) is 22.4 Å². The number of anilines is 2. The Labute approximate surface area is 194 Å². The molecule has 0 fully saturated rings. The third-order valence-corrected chi connectivity index (χ3v) is 6.76. The van der Waals surface area contributed by atoms with Crippen LogP contribution in [-0.2, 0) is 26.7 Å². The van der Waals surface area contributed by atoms with Crippen LogP contribution >= 0.6 is 11.8 Å². The van der Waals surface area contributed by atoms with Crippen LogP contribution in [0, 0.1) is 0 Å². The summed E-state index contributed by atoms with van der Waals surface area (Å²) in [5.41, 5.74) is 0.239. The lowest BCUT2D eigenvalue weighted by atomic mass is 10.2. The lowest BCUT2D eigenvalue weighted by molar-refractivity contribution is -0.137. The molecule has 0 saturated heterocycles. The number of alkyl halides is 3. The quantitative estimate of drug-likeness (QED) is 0.426. The molecule has 5 nitrogen and oxygen atoms in total. The summed E-state index contributed by atoms with van der Waals surface area (Å²) in [6, 6.07) is 20.8. The van der Waals surface area contributed by atoms with E-state index in [0.29, 0.717) is 16.1 Å². The molecule has 33 heavy (non-hydrogen) atoms. The van der Waals surface area contributed by atoms with Crippen molar-refractivity contribution in [1.29, 1.82) is 0 Å². The minimum atomic E-state index is -4.64. The Morgan fingerprint density at radius 1 is 0.970 bits per heavy atom. The third-order valence-electron chi connectivity index (χ3n) is 4.54. The van der Waals surface area contributed by atoms with Crippen LogP contribution < -0.4 is 9.62 Å². The van der Waals surface area contributed by atoms with Crippen LogP contribution in [0.25, 0.3) is 0 Å². The highest BCUT2D eigenvalue weighted by atomic mass is 32.2. The van der Waals surface area contributed by atoms with Crippen molar-refractivity contribution in [2.24, 2.45) is 0 Å². The largest absolute Gasteiger partial charge is 0.416 e. The number of hydrogen-bond acceptors (Lipinski definition) is 4. The highest BCUT2D eigenvalue weighted by Crippen LogP contribution is 2.32. The van der Waals surface area contributed by atoms with Crippen molar-refractivity contribution < 1.29 is 26.4 Å². The maximum absolute atomic E-state index is 13.0. The van der Waals surface area contributed by atoms with Gasteiger partial charge >= 0.3 is 6.18 Å². The number of rotatable bonds is 8. The van der Waals surface area contributed by atoms with Crippen LogP contribution in [-0.4, -0.2) is 27.1 Å². The normalized spacial score (nSPS) is 11.8. The first-order valence-corrected chi connectivity index (χ1v) is 12.6. The van der Waals surface area contributed by atoms with E-state index in [1.165, 1.54) is 6.07 Å². The summed E-state index contributed by atoms with van der Waals surface area (Å²) in [7, 11) is -4.01. The van der Waals surface area contributed by atoms with Crippen LogP contribution in [0.3, 0.4) is 0 Å². The average Bonchev–Trinajstić information content (AvgIpc) is 2.76. The Hall–Kier alpha value is -2.98. The number of nitrogens with zero attached hydrogens (tertiary/aromatic N) is 1. The predicted octanol–water partition coefficient (Wildman–Crippen LogP) is 5.40. The van der Waals surface area contributed by atoms with Crippen LogP contribution in [0.4, 0.5) is 24.5 Å². The lowest BCUT2D eigenvalue weighted by Gasteiger charge is -2.22. The van der Waals surface area contributed by atoms with E-state index < -0.39 is 34.2 Å². The van der Waals surface area contributed by atoms with Gasteiger partial charge in [0.2, 0.25) is 15.9 Å². The van der Waals surface area contributed by atoms with Gasteiger partial charge in [0.05, 0.1) is 17.5 Å². The van der Waals surface area contributed by atoms with E-state index in [4.69, 9.17) is 0 Å². The van der Waals surface area contributed by atoms with E-state index in [9.17, 15) is 26.4 Å². The first kappa shape index (κ1) is 24.7. The van der Waals surface area contributed by atoms with Gasteiger partial charge in [0.15, 0.2) is 0 Å². The molecule has 0 radical (unpaired) electrons. The summed E-state index contributed by atoms with van der Waals surface area (Å²) in [5.74, 6) is 0.0552. The SMILES string of the molecule is CS(=O)(=O)N(CC(=O)Nc1ccc(CSc2ccccc2)cc1)c1cccc(C(F)(F)F)c1. The van der Waals surface area contributed by atoms with Gasteiger partial charge in [-0.05, 0) is 48.0 Å². The summed E-state index contributed by atoms with van der Waals surface area (Å²) < 4.78 is 64.0. The molecule has 0 heterocycles. The summed E-state index contributed by atoms with van der Waals surface area (Å²) in [6.07, 6.45) is -3.80. The van der Waals surface area contributed by atoms with Crippen LogP contribution in [0.1, 0.15) is 11.1 Å². The lowest BCUT2D eigenvalue weighted by Crippen LogP contribution is -2.37. The molecule has 3 rings (SSSR count). The molecular weight excluding hydrogens is 473 g/mol. The first-order valence-electron chi connectivity index (χ1n) is 9.74. The smallest absolute Gasteiger partial charge is 0.325 e. The van der Waals surface area contributed by atoms with E-state index in [-0.39, 0.29) is 5.69 Å². The van der Waals surface area contributed by atoms with Crippen LogP contribution in [0.5, 0.6) is 0 Å². The minimum absolute atomic E-state index is 0.240. The fourth-order valence-electron chi connectivity index (χ4n) is 2.94. The fourth-order valence-corrected chi connectivity index (χ4v) is 4.66. The van der Waals surface area contributed by atoms with Crippen molar-refractivity contribution in [3.05, 3.63) is 90.0 Å². The monoisotopic (exact) mass is 494 g/mol. The molecule has 0 spiro atoms.